The van der Waals surface area contributed by atoms with Gasteiger partial charge in [0.25, 0.3) is 0 Å². The summed E-state index contributed by atoms with van der Waals surface area (Å²) >= 11 is 15.0. The lowest BCUT2D eigenvalue weighted by molar-refractivity contribution is -0.136. The van der Waals surface area contributed by atoms with Crippen LogP contribution in [-0.2, 0) is 9.59 Å². The summed E-state index contributed by atoms with van der Waals surface area (Å²) in [5, 5.41) is 6.75. The van der Waals surface area contributed by atoms with Crippen molar-refractivity contribution in [3.8, 4) is 0 Å². The normalized spacial score (nSPS) is 10.6. The molecule has 0 saturated heterocycles. The Balaban J connectivity index is 1.93. The number of carbonyl (C=O) groups excluding carboxylic acids is 2. The number of nitrogens with zero attached hydrogens (tertiary/aromatic N) is 1. The Labute approximate surface area is 150 Å². The lowest BCUT2D eigenvalue weighted by Gasteiger charge is -2.06. The zero-order chi connectivity index (χ0) is 16.8. The molecule has 0 saturated carbocycles. The maximum Gasteiger partial charge on any atom is 0.329 e. The zero-order valence-corrected chi connectivity index (χ0v) is 14.6. The molecule has 23 heavy (non-hydrogen) atoms. The number of hydrogen-bond donors (Lipinski definition) is 2. The topological polar surface area (TPSA) is 70.6 Å². The molecule has 0 aliphatic heterocycles. The van der Waals surface area contributed by atoms with Crippen LogP contribution >= 0.6 is 39.1 Å². The van der Waals surface area contributed by atoms with Gasteiger partial charge in [-0.1, -0.05) is 51.3 Å². The van der Waals surface area contributed by atoms with E-state index in [4.69, 9.17) is 23.2 Å². The van der Waals surface area contributed by atoms with Crippen molar-refractivity contribution in [3.05, 3.63) is 62.5 Å². The highest BCUT2D eigenvalue weighted by Crippen LogP contribution is 2.25. The number of rotatable bonds is 3. The average Bonchev–Trinajstić information content (AvgIpc) is 2.50. The van der Waals surface area contributed by atoms with Gasteiger partial charge in [-0.25, -0.2) is 5.43 Å². The summed E-state index contributed by atoms with van der Waals surface area (Å²) in [6, 6.07) is 11.8. The van der Waals surface area contributed by atoms with Crippen LogP contribution in [0.5, 0.6) is 0 Å². The fourth-order valence-electron chi connectivity index (χ4n) is 1.57. The van der Waals surface area contributed by atoms with Crippen LogP contribution < -0.4 is 10.7 Å². The fraction of sp³-hybridized carbons (Fsp3) is 0. The van der Waals surface area contributed by atoms with Crippen molar-refractivity contribution < 1.29 is 9.59 Å². The predicted molar refractivity (Wildman–Crippen MR) is 95.0 cm³/mol. The predicted octanol–water partition coefficient (Wildman–Crippen LogP) is 3.84. The lowest BCUT2D eigenvalue weighted by Crippen LogP contribution is -2.32. The zero-order valence-electron chi connectivity index (χ0n) is 11.5. The maximum absolute atomic E-state index is 11.7. The molecule has 0 fully saturated rings. The second kappa shape index (κ2) is 8.10. The van der Waals surface area contributed by atoms with Gasteiger partial charge >= 0.3 is 11.8 Å². The van der Waals surface area contributed by atoms with E-state index in [2.05, 4.69) is 31.8 Å². The molecule has 0 aliphatic rings. The van der Waals surface area contributed by atoms with Crippen LogP contribution in [-0.4, -0.2) is 18.0 Å². The molecule has 0 aromatic heterocycles. The number of benzene rings is 2. The van der Waals surface area contributed by atoms with Crippen molar-refractivity contribution >= 4 is 62.8 Å². The minimum Gasteiger partial charge on any atom is -0.316 e. The molecule has 0 atom stereocenters. The monoisotopic (exact) mass is 413 g/mol. The minimum absolute atomic E-state index is 0.233. The first kappa shape index (κ1) is 17.5. The molecule has 2 aromatic carbocycles. The van der Waals surface area contributed by atoms with Crippen LogP contribution in [0.4, 0.5) is 5.69 Å². The van der Waals surface area contributed by atoms with E-state index in [0.29, 0.717) is 5.02 Å². The third-order valence-electron chi connectivity index (χ3n) is 2.61. The Morgan fingerprint density at radius 3 is 2.57 bits per heavy atom. The van der Waals surface area contributed by atoms with E-state index in [1.54, 1.807) is 12.1 Å². The molecular formula is C15H10BrCl2N3O2. The largest absolute Gasteiger partial charge is 0.329 e. The molecule has 0 radical (unpaired) electrons. The van der Waals surface area contributed by atoms with Crippen molar-refractivity contribution in [1.29, 1.82) is 0 Å². The molecule has 0 unspecified atom stereocenters. The van der Waals surface area contributed by atoms with Gasteiger partial charge in [-0.15, -0.1) is 0 Å². The van der Waals surface area contributed by atoms with Gasteiger partial charge in [0.2, 0.25) is 0 Å². The first-order chi connectivity index (χ1) is 11.0. The summed E-state index contributed by atoms with van der Waals surface area (Å²) in [5.74, 6) is -1.80. The molecule has 0 heterocycles. The number of nitrogens with one attached hydrogen (secondary N) is 2. The van der Waals surface area contributed by atoms with E-state index in [-0.39, 0.29) is 10.7 Å². The van der Waals surface area contributed by atoms with Gasteiger partial charge in [0.05, 0.1) is 16.9 Å². The van der Waals surface area contributed by atoms with Gasteiger partial charge in [-0.3, -0.25) is 9.59 Å². The van der Waals surface area contributed by atoms with Crippen molar-refractivity contribution in [2.75, 3.05) is 5.32 Å². The van der Waals surface area contributed by atoms with Gasteiger partial charge in [0.1, 0.15) is 0 Å². The molecule has 2 amide bonds. The lowest BCUT2D eigenvalue weighted by atomic mass is 10.2. The number of amides is 2. The average molecular weight is 415 g/mol. The van der Waals surface area contributed by atoms with Crippen LogP contribution in [0.1, 0.15) is 5.56 Å². The Morgan fingerprint density at radius 1 is 1.09 bits per heavy atom. The van der Waals surface area contributed by atoms with Gasteiger partial charge in [0, 0.05) is 9.50 Å². The molecule has 0 bridgehead atoms. The SMILES string of the molecule is O=C(NN=Cc1cccc(Br)c1)C(=O)Nc1ccc(Cl)cc1Cl. The van der Waals surface area contributed by atoms with Crippen LogP contribution in [0.3, 0.4) is 0 Å². The number of hydrogen-bond acceptors (Lipinski definition) is 3. The number of anilines is 1. The van der Waals surface area contributed by atoms with Crippen molar-refractivity contribution in [3.63, 3.8) is 0 Å². The fourth-order valence-corrected chi connectivity index (χ4v) is 2.45. The van der Waals surface area contributed by atoms with E-state index < -0.39 is 11.8 Å². The van der Waals surface area contributed by atoms with Crippen LogP contribution in [0, 0.1) is 0 Å². The third kappa shape index (κ3) is 5.35. The van der Waals surface area contributed by atoms with Crippen molar-refractivity contribution in [1.82, 2.24) is 5.43 Å². The standard InChI is InChI=1S/C15H10BrCl2N3O2/c16-10-3-1-2-9(6-10)8-19-21-15(23)14(22)20-13-5-4-11(17)7-12(13)18/h1-8H,(H,20,22)(H,21,23). The van der Waals surface area contributed by atoms with Gasteiger partial charge in [-0.05, 0) is 35.9 Å². The highest BCUT2D eigenvalue weighted by Gasteiger charge is 2.14. The first-order valence-corrected chi connectivity index (χ1v) is 7.85. The number of hydrazone groups is 1. The second-order valence-electron chi connectivity index (χ2n) is 4.33. The molecule has 0 spiro atoms. The van der Waals surface area contributed by atoms with E-state index in [1.807, 2.05) is 18.2 Å². The summed E-state index contributed by atoms with van der Waals surface area (Å²) in [4.78, 5) is 23.4. The Kier molecular flexibility index (Phi) is 6.15. The third-order valence-corrected chi connectivity index (χ3v) is 3.66. The molecule has 118 valence electrons. The van der Waals surface area contributed by atoms with Gasteiger partial charge in [-0.2, -0.15) is 5.10 Å². The molecule has 2 N–H and O–H groups in total. The maximum atomic E-state index is 11.7. The van der Waals surface area contributed by atoms with Crippen molar-refractivity contribution in [2.45, 2.75) is 0 Å². The summed E-state index contributed by atoms with van der Waals surface area (Å²) in [6.45, 7) is 0. The Bertz CT molecular complexity index is 781. The molecule has 8 heteroatoms. The number of halogens is 3. The molecule has 5 nitrogen and oxygen atoms in total. The van der Waals surface area contributed by atoms with E-state index in [0.717, 1.165) is 10.0 Å². The molecule has 2 aromatic rings. The van der Waals surface area contributed by atoms with E-state index in [1.165, 1.54) is 18.3 Å². The summed E-state index contributed by atoms with van der Waals surface area (Å²) in [6.07, 6.45) is 1.42. The molecule has 2 rings (SSSR count). The first-order valence-electron chi connectivity index (χ1n) is 6.31. The second-order valence-corrected chi connectivity index (χ2v) is 6.09. The van der Waals surface area contributed by atoms with Gasteiger partial charge < -0.3 is 5.32 Å². The Morgan fingerprint density at radius 2 is 1.87 bits per heavy atom. The smallest absolute Gasteiger partial charge is 0.316 e. The van der Waals surface area contributed by atoms with Crippen LogP contribution in [0.15, 0.2) is 52.0 Å². The van der Waals surface area contributed by atoms with E-state index >= 15 is 0 Å². The van der Waals surface area contributed by atoms with Gasteiger partial charge in [0.15, 0.2) is 0 Å². The quantitative estimate of drug-likeness (QED) is 0.455. The summed E-state index contributed by atoms with van der Waals surface area (Å²) in [5.41, 5.74) is 3.18. The Hall–Kier alpha value is -1.89. The van der Waals surface area contributed by atoms with Crippen LogP contribution in [0.25, 0.3) is 0 Å². The number of carbonyl (C=O) groups is 2. The highest BCUT2D eigenvalue weighted by atomic mass is 79.9. The molecular weight excluding hydrogens is 405 g/mol. The molecule has 0 aliphatic carbocycles. The highest BCUT2D eigenvalue weighted by molar-refractivity contribution is 9.10. The van der Waals surface area contributed by atoms with Crippen LogP contribution in [0.2, 0.25) is 10.0 Å². The summed E-state index contributed by atoms with van der Waals surface area (Å²) in [7, 11) is 0. The van der Waals surface area contributed by atoms with Crippen molar-refractivity contribution in [2.24, 2.45) is 5.10 Å². The summed E-state index contributed by atoms with van der Waals surface area (Å²) < 4.78 is 0.878. The minimum atomic E-state index is -0.915. The van der Waals surface area contributed by atoms with E-state index in [9.17, 15) is 9.59 Å².